The molecule has 0 saturated heterocycles. The molecule has 0 aliphatic carbocycles. The average Bonchev–Trinajstić information content (AvgIpc) is 2.42. The number of nitro benzene ring substituents is 1. The summed E-state index contributed by atoms with van der Waals surface area (Å²) in [4.78, 5) is 22.3. The molecule has 5 nitrogen and oxygen atoms in total. The van der Waals surface area contributed by atoms with Gasteiger partial charge in [-0.25, -0.2) is 0 Å². The molecule has 0 aliphatic heterocycles. The first-order valence-electron chi connectivity index (χ1n) is 6.27. The highest BCUT2D eigenvalue weighted by Gasteiger charge is 2.20. The van der Waals surface area contributed by atoms with Crippen LogP contribution in [0.25, 0.3) is 0 Å². The molecule has 0 fully saturated rings. The summed E-state index contributed by atoms with van der Waals surface area (Å²) < 4.78 is 0. The molecule has 110 valence electrons. The first-order valence-corrected chi connectivity index (χ1v) is 7.19. The predicted molar refractivity (Wildman–Crippen MR) is 79.6 cm³/mol. The minimum atomic E-state index is -0.596. The maximum absolute atomic E-state index is 12.0. The number of hydrogen-bond acceptors (Lipinski definition) is 3. The van der Waals surface area contributed by atoms with Crippen LogP contribution in [0, 0.1) is 16.0 Å². The van der Waals surface area contributed by atoms with Crippen LogP contribution >= 0.6 is 23.2 Å². The molecule has 1 atom stereocenters. The first kappa shape index (κ1) is 16.7. The zero-order valence-electron chi connectivity index (χ0n) is 11.1. The molecule has 1 N–H and O–H groups in total. The van der Waals surface area contributed by atoms with E-state index in [1.807, 2.05) is 6.92 Å². The number of rotatable bonds is 7. The summed E-state index contributed by atoms with van der Waals surface area (Å²) >= 11 is 11.5. The van der Waals surface area contributed by atoms with E-state index in [1.54, 1.807) is 0 Å². The van der Waals surface area contributed by atoms with Gasteiger partial charge in [0, 0.05) is 23.5 Å². The Balaban J connectivity index is 2.81. The summed E-state index contributed by atoms with van der Waals surface area (Å²) in [5.74, 6) is 0.285. The van der Waals surface area contributed by atoms with Crippen molar-refractivity contribution >= 4 is 34.8 Å². The molecule has 0 bridgehead atoms. The third-order valence-electron chi connectivity index (χ3n) is 3.05. The number of hydrogen-bond donors (Lipinski definition) is 1. The van der Waals surface area contributed by atoms with Crippen molar-refractivity contribution in [2.45, 2.75) is 19.8 Å². The van der Waals surface area contributed by atoms with E-state index in [2.05, 4.69) is 5.32 Å². The van der Waals surface area contributed by atoms with Crippen LogP contribution in [0.1, 0.15) is 30.1 Å². The van der Waals surface area contributed by atoms with E-state index in [9.17, 15) is 14.9 Å². The van der Waals surface area contributed by atoms with Gasteiger partial charge in [0.1, 0.15) is 5.56 Å². The smallest absolute Gasteiger partial charge is 0.282 e. The molecule has 1 aromatic carbocycles. The van der Waals surface area contributed by atoms with Crippen LogP contribution in [-0.4, -0.2) is 23.3 Å². The molecule has 1 unspecified atom stereocenters. The van der Waals surface area contributed by atoms with E-state index in [0.29, 0.717) is 12.4 Å². The number of nitro groups is 1. The van der Waals surface area contributed by atoms with Crippen LogP contribution in [-0.2, 0) is 0 Å². The van der Waals surface area contributed by atoms with Gasteiger partial charge in [-0.1, -0.05) is 24.9 Å². The van der Waals surface area contributed by atoms with Gasteiger partial charge in [0.25, 0.3) is 11.6 Å². The first-order chi connectivity index (χ1) is 9.49. The SMILES string of the molecule is CCC(CCCl)CNC(=O)c1cc(Cl)ccc1[N+](=O)[O-]. The quantitative estimate of drug-likeness (QED) is 0.474. The summed E-state index contributed by atoms with van der Waals surface area (Å²) in [6, 6.07) is 3.92. The zero-order chi connectivity index (χ0) is 15.1. The van der Waals surface area contributed by atoms with E-state index in [4.69, 9.17) is 23.2 Å². The number of nitrogens with zero attached hydrogens (tertiary/aromatic N) is 1. The average molecular weight is 319 g/mol. The second-order valence-corrected chi connectivity index (χ2v) is 5.19. The van der Waals surface area contributed by atoms with Gasteiger partial charge < -0.3 is 5.32 Å². The van der Waals surface area contributed by atoms with Gasteiger partial charge in [-0.05, 0) is 24.5 Å². The number of halogens is 2. The molecule has 0 heterocycles. The molecule has 0 aromatic heterocycles. The van der Waals surface area contributed by atoms with Crippen LogP contribution in [0.5, 0.6) is 0 Å². The van der Waals surface area contributed by atoms with Crippen molar-refractivity contribution in [1.29, 1.82) is 0 Å². The molecule has 0 aliphatic rings. The van der Waals surface area contributed by atoms with Crippen molar-refractivity contribution in [3.63, 3.8) is 0 Å². The molecule has 0 radical (unpaired) electrons. The van der Waals surface area contributed by atoms with Gasteiger partial charge in [-0.15, -0.1) is 11.6 Å². The number of amides is 1. The van der Waals surface area contributed by atoms with Crippen LogP contribution in [0.3, 0.4) is 0 Å². The van der Waals surface area contributed by atoms with Crippen LogP contribution in [0.2, 0.25) is 5.02 Å². The number of nitrogens with one attached hydrogen (secondary N) is 1. The fourth-order valence-electron chi connectivity index (χ4n) is 1.79. The normalized spacial score (nSPS) is 11.9. The molecule has 20 heavy (non-hydrogen) atoms. The lowest BCUT2D eigenvalue weighted by Crippen LogP contribution is -2.29. The highest BCUT2D eigenvalue weighted by molar-refractivity contribution is 6.31. The minimum absolute atomic E-state index is 0.0248. The standard InChI is InChI=1S/C13H16Cl2N2O3/c1-2-9(5-6-14)8-16-13(18)11-7-10(15)3-4-12(11)17(19)20/h3-4,7,9H,2,5-6,8H2,1H3,(H,16,18). The second kappa shape index (κ2) is 8.07. The lowest BCUT2D eigenvalue weighted by atomic mass is 10.0. The maximum atomic E-state index is 12.0. The van der Waals surface area contributed by atoms with E-state index < -0.39 is 10.8 Å². The Hall–Kier alpha value is -1.33. The number of carbonyl (C=O) groups excluding carboxylic acids is 1. The summed E-state index contributed by atoms with van der Waals surface area (Å²) in [7, 11) is 0. The van der Waals surface area contributed by atoms with E-state index in [0.717, 1.165) is 12.8 Å². The van der Waals surface area contributed by atoms with E-state index in [1.165, 1.54) is 18.2 Å². The van der Waals surface area contributed by atoms with Gasteiger partial charge in [0.2, 0.25) is 0 Å². The lowest BCUT2D eigenvalue weighted by molar-refractivity contribution is -0.385. The highest BCUT2D eigenvalue weighted by Crippen LogP contribution is 2.22. The number of carbonyl (C=O) groups is 1. The maximum Gasteiger partial charge on any atom is 0.282 e. The Labute approximate surface area is 127 Å². The Morgan fingerprint density at radius 2 is 2.20 bits per heavy atom. The number of benzene rings is 1. The summed E-state index contributed by atoms with van der Waals surface area (Å²) in [5.41, 5.74) is -0.277. The minimum Gasteiger partial charge on any atom is -0.352 e. The molecule has 7 heteroatoms. The van der Waals surface area contributed by atoms with Crippen molar-refractivity contribution in [2.75, 3.05) is 12.4 Å². The Morgan fingerprint density at radius 1 is 1.50 bits per heavy atom. The molecule has 0 spiro atoms. The molecule has 1 aromatic rings. The highest BCUT2D eigenvalue weighted by atomic mass is 35.5. The van der Waals surface area contributed by atoms with Crippen molar-refractivity contribution in [1.82, 2.24) is 5.32 Å². The largest absolute Gasteiger partial charge is 0.352 e. The number of alkyl halides is 1. The van der Waals surface area contributed by atoms with E-state index in [-0.39, 0.29) is 22.2 Å². The van der Waals surface area contributed by atoms with Crippen LogP contribution in [0.15, 0.2) is 18.2 Å². The Morgan fingerprint density at radius 3 is 2.75 bits per heavy atom. The Kier molecular flexibility index (Phi) is 6.75. The van der Waals surface area contributed by atoms with Crippen molar-refractivity contribution in [2.24, 2.45) is 5.92 Å². The van der Waals surface area contributed by atoms with Crippen LogP contribution < -0.4 is 5.32 Å². The summed E-state index contributed by atoms with van der Waals surface area (Å²) in [5, 5.41) is 13.9. The zero-order valence-corrected chi connectivity index (χ0v) is 12.6. The Bertz CT molecular complexity index is 495. The fraction of sp³-hybridized carbons (Fsp3) is 0.462. The third kappa shape index (κ3) is 4.65. The van der Waals surface area contributed by atoms with Crippen molar-refractivity contribution in [3.05, 3.63) is 38.9 Å². The van der Waals surface area contributed by atoms with Gasteiger partial charge >= 0.3 is 0 Å². The topological polar surface area (TPSA) is 72.2 Å². The summed E-state index contributed by atoms with van der Waals surface area (Å²) in [6.07, 6.45) is 1.67. The molecular weight excluding hydrogens is 303 g/mol. The lowest BCUT2D eigenvalue weighted by Gasteiger charge is -2.14. The molecule has 1 rings (SSSR count). The van der Waals surface area contributed by atoms with Gasteiger partial charge in [-0.2, -0.15) is 0 Å². The second-order valence-electron chi connectivity index (χ2n) is 4.38. The van der Waals surface area contributed by atoms with Gasteiger partial charge in [0.05, 0.1) is 4.92 Å². The van der Waals surface area contributed by atoms with Gasteiger partial charge in [-0.3, -0.25) is 14.9 Å². The van der Waals surface area contributed by atoms with Crippen LogP contribution in [0.4, 0.5) is 5.69 Å². The van der Waals surface area contributed by atoms with Crippen molar-refractivity contribution in [3.8, 4) is 0 Å². The van der Waals surface area contributed by atoms with Crippen molar-refractivity contribution < 1.29 is 9.72 Å². The fourth-order valence-corrected chi connectivity index (χ4v) is 2.27. The third-order valence-corrected chi connectivity index (χ3v) is 3.50. The van der Waals surface area contributed by atoms with E-state index >= 15 is 0 Å². The molecule has 0 saturated carbocycles. The monoisotopic (exact) mass is 318 g/mol. The molecule has 1 amide bonds. The van der Waals surface area contributed by atoms with Gasteiger partial charge in [0.15, 0.2) is 0 Å². The predicted octanol–water partition coefficient (Wildman–Crippen LogP) is 3.63. The molecular formula is C13H16Cl2N2O3. The summed E-state index contributed by atoms with van der Waals surface area (Å²) in [6.45, 7) is 2.44.